The molecule has 0 heterocycles. The summed E-state index contributed by atoms with van der Waals surface area (Å²) in [5.74, 6) is -1.13. The van der Waals surface area contributed by atoms with Crippen LogP contribution in [0.25, 0.3) is 0 Å². The summed E-state index contributed by atoms with van der Waals surface area (Å²) in [5, 5.41) is 25.5. The predicted octanol–water partition coefficient (Wildman–Crippen LogP) is 7.95. The number of carboxylic acids is 1. The number of phenolic OH excluding ortho intramolecular Hbond substituents is 2. The van der Waals surface area contributed by atoms with Crippen molar-refractivity contribution in [3.05, 3.63) is 48.5 Å². The Kier molecular flexibility index (Phi) is 17.3. The number of esters is 4. The van der Waals surface area contributed by atoms with Gasteiger partial charge in [-0.05, 0) is 152 Å². The van der Waals surface area contributed by atoms with Gasteiger partial charge in [0.05, 0.1) is 27.1 Å². The molecule has 0 saturated carbocycles. The molecule has 0 amide bonds. The molecule has 2 aromatic rings. The van der Waals surface area contributed by atoms with Gasteiger partial charge in [0.2, 0.25) is 0 Å². The lowest BCUT2D eigenvalue weighted by atomic mass is 9.95. The molecule has 0 aliphatic carbocycles. The van der Waals surface area contributed by atoms with Gasteiger partial charge in [-0.15, -0.1) is 0 Å². The van der Waals surface area contributed by atoms with Crippen molar-refractivity contribution in [2.24, 2.45) is 27.1 Å². The van der Waals surface area contributed by atoms with E-state index in [0.29, 0.717) is 11.5 Å². The van der Waals surface area contributed by atoms with E-state index in [1.165, 1.54) is 24.3 Å². The second-order valence-electron chi connectivity index (χ2n) is 16.0. The monoisotopic (exact) mass is 676 g/mol. The summed E-state index contributed by atoms with van der Waals surface area (Å²) in [5.41, 5.74) is -2.95. The Morgan fingerprint density at radius 2 is 0.625 bits per heavy atom. The third kappa shape index (κ3) is 20.7. The standard InChI is InChI=1S/C16H22O4.C10H18O3.C6H6O2.C5H10O2/c1-15(2,3)13(17)19-11-7-9-12(10-8-11)20-14(18)16(4,5)6;1-9(2,3)7(11)13-8(12)10(4,5)6;7-5-1-2-6(8)4-3-5;1-5(2,3)4(6)7/h7-10H,1-6H3;1-6H3;1-4,7-8H;1-3H3,(H,6,7). The number of carbonyl (C=O) groups excluding carboxylic acids is 4. The van der Waals surface area contributed by atoms with Crippen LogP contribution in [0.15, 0.2) is 48.5 Å². The first-order valence-corrected chi connectivity index (χ1v) is 15.3. The average molecular weight is 677 g/mol. The fourth-order valence-electron chi connectivity index (χ4n) is 1.94. The van der Waals surface area contributed by atoms with E-state index in [4.69, 9.17) is 29.5 Å². The third-order valence-corrected chi connectivity index (χ3v) is 5.37. The minimum atomic E-state index is -0.757. The van der Waals surface area contributed by atoms with Crippen LogP contribution < -0.4 is 9.47 Å². The molecule has 0 aliphatic rings. The molecule has 2 aromatic carbocycles. The Balaban J connectivity index is 0. The lowest BCUT2D eigenvalue weighted by Gasteiger charge is -2.20. The van der Waals surface area contributed by atoms with Crippen molar-refractivity contribution in [3.63, 3.8) is 0 Å². The predicted molar refractivity (Wildman–Crippen MR) is 183 cm³/mol. The van der Waals surface area contributed by atoms with Crippen LogP contribution in [-0.2, 0) is 28.7 Å². The second-order valence-corrected chi connectivity index (χ2v) is 16.0. The Labute approximate surface area is 285 Å². The highest BCUT2D eigenvalue weighted by Crippen LogP contribution is 2.24. The topological polar surface area (TPSA) is 174 Å². The first kappa shape index (κ1) is 45.7. The van der Waals surface area contributed by atoms with E-state index < -0.39 is 45.0 Å². The molecule has 11 nitrogen and oxygen atoms in total. The fourth-order valence-corrected chi connectivity index (χ4v) is 1.94. The van der Waals surface area contributed by atoms with Gasteiger partial charge < -0.3 is 29.5 Å². The largest absolute Gasteiger partial charge is 0.508 e. The second kappa shape index (κ2) is 18.2. The van der Waals surface area contributed by atoms with Crippen molar-refractivity contribution < 1.29 is 53.5 Å². The number of carbonyl (C=O) groups is 5. The maximum absolute atomic E-state index is 11.7. The quantitative estimate of drug-likeness (QED) is 0.122. The minimum Gasteiger partial charge on any atom is -0.508 e. The third-order valence-electron chi connectivity index (χ3n) is 5.37. The Morgan fingerprint density at radius 1 is 0.417 bits per heavy atom. The molecule has 0 aliphatic heterocycles. The van der Waals surface area contributed by atoms with E-state index in [0.717, 1.165) is 0 Å². The van der Waals surface area contributed by atoms with E-state index in [-0.39, 0.29) is 23.4 Å². The van der Waals surface area contributed by atoms with Crippen LogP contribution in [0.1, 0.15) is 104 Å². The first-order chi connectivity index (χ1) is 21.3. The van der Waals surface area contributed by atoms with Gasteiger partial charge in [0, 0.05) is 0 Å². The van der Waals surface area contributed by atoms with E-state index >= 15 is 0 Å². The van der Waals surface area contributed by atoms with Crippen LogP contribution in [0.5, 0.6) is 23.0 Å². The van der Waals surface area contributed by atoms with E-state index in [9.17, 15) is 24.0 Å². The van der Waals surface area contributed by atoms with E-state index in [1.54, 1.807) is 128 Å². The summed E-state index contributed by atoms with van der Waals surface area (Å²) in [6.07, 6.45) is 0. The summed E-state index contributed by atoms with van der Waals surface area (Å²) in [7, 11) is 0. The maximum atomic E-state index is 11.7. The van der Waals surface area contributed by atoms with Crippen molar-refractivity contribution in [2.75, 3.05) is 0 Å². The molecule has 0 aromatic heterocycles. The van der Waals surface area contributed by atoms with Crippen molar-refractivity contribution in [3.8, 4) is 23.0 Å². The zero-order chi connectivity index (χ0) is 38.5. The van der Waals surface area contributed by atoms with Gasteiger partial charge in [0.15, 0.2) is 0 Å². The molecule has 0 atom stereocenters. The molecule has 0 spiro atoms. The molecule has 0 radical (unpaired) electrons. The highest BCUT2D eigenvalue weighted by atomic mass is 16.6. The lowest BCUT2D eigenvalue weighted by molar-refractivity contribution is -0.171. The van der Waals surface area contributed by atoms with Gasteiger partial charge in [-0.1, -0.05) is 0 Å². The van der Waals surface area contributed by atoms with Crippen molar-refractivity contribution in [1.82, 2.24) is 0 Å². The number of hydrogen-bond donors (Lipinski definition) is 3. The molecule has 270 valence electrons. The molecular weight excluding hydrogens is 620 g/mol. The van der Waals surface area contributed by atoms with E-state index in [2.05, 4.69) is 0 Å². The highest BCUT2D eigenvalue weighted by molar-refractivity contribution is 5.90. The summed E-state index contributed by atoms with van der Waals surface area (Å²) >= 11 is 0. The zero-order valence-electron chi connectivity index (χ0n) is 31.2. The van der Waals surface area contributed by atoms with Crippen LogP contribution in [0.2, 0.25) is 0 Å². The van der Waals surface area contributed by atoms with Crippen LogP contribution >= 0.6 is 0 Å². The molecule has 0 unspecified atom stereocenters. The van der Waals surface area contributed by atoms with Gasteiger partial charge >= 0.3 is 29.8 Å². The number of benzene rings is 2. The normalized spacial score (nSPS) is 11.5. The number of carboxylic acid groups (broad SMARTS) is 1. The Hall–Kier alpha value is -4.41. The summed E-state index contributed by atoms with van der Waals surface area (Å²) in [6, 6.07) is 12.1. The number of hydrogen-bond acceptors (Lipinski definition) is 10. The number of aliphatic carboxylic acids is 1. The summed E-state index contributed by atoms with van der Waals surface area (Å²) < 4.78 is 15.2. The molecule has 2 rings (SSSR count). The zero-order valence-corrected chi connectivity index (χ0v) is 31.2. The van der Waals surface area contributed by atoms with Crippen molar-refractivity contribution in [1.29, 1.82) is 0 Å². The van der Waals surface area contributed by atoms with Crippen molar-refractivity contribution >= 4 is 29.8 Å². The number of phenols is 2. The minimum absolute atomic E-state index is 0.169. The molecule has 0 bridgehead atoms. The van der Waals surface area contributed by atoms with E-state index in [1.807, 2.05) is 0 Å². The summed E-state index contributed by atoms with van der Waals surface area (Å²) in [6.45, 7) is 26.0. The van der Waals surface area contributed by atoms with Crippen LogP contribution in [-0.4, -0.2) is 45.2 Å². The highest BCUT2D eigenvalue weighted by Gasteiger charge is 2.31. The van der Waals surface area contributed by atoms with Crippen LogP contribution in [0.3, 0.4) is 0 Å². The first-order valence-electron chi connectivity index (χ1n) is 15.3. The van der Waals surface area contributed by atoms with Crippen LogP contribution in [0, 0.1) is 27.1 Å². The SMILES string of the molecule is CC(C)(C)C(=O)O.CC(C)(C)C(=O)OC(=O)C(C)(C)C.CC(C)(C)C(=O)Oc1ccc(OC(=O)C(C)(C)C)cc1.Oc1ccc(O)cc1. The molecule has 11 heteroatoms. The van der Waals surface area contributed by atoms with Gasteiger partial charge in [-0.2, -0.15) is 0 Å². The number of rotatable bonds is 2. The van der Waals surface area contributed by atoms with Gasteiger partial charge in [0.1, 0.15) is 23.0 Å². The fraction of sp³-hybridized carbons (Fsp3) is 0.541. The van der Waals surface area contributed by atoms with Gasteiger partial charge in [-0.3, -0.25) is 24.0 Å². The Bertz CT molecular complexity index is 1250. The average Bonchev–Trinajstić information content (AvgIpc) is 2.90. The maximum Gasteiger partial charge on any atom is 0.318 e. The lowest BCUT2D eigenvalue weighted by Crippen LogP contribution is -2.31. The molecule has 0 fully saturated rings. The molecule has 48 heavy (non-hydrogen) atoms. The molecular formula is C37H56O11. The smallest absolute Gasteiger partial charge is 0.318 e. The van der Waals surface area contributed by atoms with Gasteiger partial charge in [0.25, 0.3) is 0 Å². The number of aromatic hydroxyl groups is 2. The number of ether oxygens (including phenoxy) is 3. The molecule has 0 saturated heterocycles. The Morgan fingerprint density at radius 3 is 0.792 bits per heavy atom. The van der Waals surface area contributed by atoms with Crippen LogP contribution in [0.4, 0.5) is 0 Å². The summed E-state index contributed by atoms with van der Waals surface area (Å²) in [4.78, 5) is 56.0. The van der Waals surface area contributed by atoms with Crippen molar-refractivity contribution in [2.45, 2.75) is 104 Å². The van der Waals surface area contributed by atoms with Gasteiger partial charge in [-0.25, -0.2) is 0 Å². The molecule has 3 N–H and O–H groups in total.